The van der Waals surface area contributed by atoms with Crippen molar-refractivity contribution < 1.29 is 4.79 Å². The van der Waals surface area contributed by atoms with E-state index < -0.39 is 0 Å². The maximum atomic E-state index is 12.4. The molecule has 1 fully saturated rings. The maximum absolute atomic E-state index is 12.4. The zero-order chi connectivity index (χ0) is 20.8. The summed E-state index contributed by atoms with van der Waals surface area (Å²) in [5, 5.41) is 20.2. The van der Waals surface area contributed by atoms with Crippen LogP contribution in [0.1, 0.15) is 34.5 Å². The molecular formula is C24H23N5O. The van der Waals surface area contributed by atoms with Crippen LogP contribution in [0.3, 0.4) is 0 Å². The van der Waals surface area contributed by atoms with E-state index in [0.717, 1.165) is 38.2 Å². The third-order valence-corrected chi connectivity index (χ3v) is 5.48. The normalized spacial score (nSPS) is 14.2. The van der Waals surface area contributed by atoms with Gasteiger partial charge in [-0.05, 0) is 55.0 Å². The van der Waals surface area contributed by atoms with Gasteiger partial charge in [0.25, 0.3) is 5.91 Å². The Morgan fingerprint density at radius 2 is 1.73 bits per heavy atom. The fourth-order valence-electron chi connectivity index (χ4n) is 3.80. The van der Waals surface area contributed by atoms with Crippen molar-refractivity contribution in [2.75, 3.05) is 23.3 Å². The number of aromatic nitrogens is 2. The molecule has 6 nitrogen and oxygen atoms in total. The molecule has 4 rings (SSSR count). The summed E-state index contributed by atoms with van der Waals surface area (Å²) in [6.45, 7) is 1.88. The SMILES string of the molecule is N#Cc1ccccc1NC(=O)c1ccc(N2CCC(Cc3ccccc3)CC2)nn1. The summed E-state index contributed by atoms with van der Waals surface area (Å²) in [7, 11) is 0. The van der Waals surface area contributed by atoms with Gasteiger partial charge < -0.3 is 10.2 Å². The van der Waals surface area contributed by atoms with E-state index in [1.807, 2.05) is 6.07 Å². The van der Waals surface area contributed by atoms with Crippen LogP contribution >= 0.6 is 0 Å². The van der Waals surface area contributed by atoms with Gasteiger partial charge in [-0.25, -0.2) is 0 Å². The fourth-order valence-corrected chi connectivity index (χ4v) is 3.80. The average Bonchev–Trinajstić information content (AvgIpc) is 2.81. The molecule has 6 heteroatoms. The molecule has 2 aromatic carbocycles. The second kappa shape index (κ2) is 9.19. The van der Waals surface area contributed by atoms with Gasteiger partial charge >= 0.3 is 0 Å². The van der Waals surface area contributed by atoms with E-state index in [1.165, 1.54) is 5.56 Å². The number of hydrogen-bond acceptors (Lipinski definition) is 5. The first-order chi connectivity index (χ1) is 14.7. The molecule has 0 aliphatic carbocycles. The smallest absolute Gasteiger partial charge is 0.276 e. The van der Waals surface area contributed by atoms with Crippen molar-refractivity contribution in [3.63, 3.8) is 0 Å². The van der Waals surface area contributed by atoms with Gasteiger partial charge in [0.15, 0.2) is 11.5 Å². The van der Waals surface area contributed by atoms with Crippen LogP contribution in [0.5, 0.6) is 0 Å². The number of hydrogen-bond donors (Lipinski definition) is 1. The van der Waals surface area contributed by atoms with Crippen molar-refractivity contribution >= 4 is 17.4 Å². The second-order valence-corrected chi connectivity index (χ2v) is 7.51. The Hall–Kier alpha value is -3.72. The van der Waals surface area contributed by atoms with Crippen molar-refractivity contribution in [3.05, 3.63) is 83.6 Å². The minimum atomic E-state index is -0.377. The third kappa shape index (κ3) is 4.64. The maximum Gasteiger partial charge on any atom is 0.276 e. The molecule has 0 spiro atoms. The topological polar surface area (TPSA) is 81.9 Å². The van der Waals surface area contributed by atoms with Gasteiger partial charge in [-0.1, -0.05) is 42.5 Å². The van der Waals surface area contributed by atoms with Crippen molar-refractivity contribution in [1.29, 1.82) is 5.26 Å². The first kappa shape index (κ1) is 19.6. The van der Waals surface area contributed by atoms with E-state index in [2.05, 4.69) is 56.8 Å². The van der Waals surface area contributed by atoms with Crippen molar-refractivity contribution in [2.24, 2.45) is 5.92 Å². The molecule has 1 aromatic heterocycles. The highest BCUT2D eigenvalue weighted by Gasteiger charge is 2.21. The third-order valence-electron chi connectivity index (χ3n) is 5.48. The number of carbonyl (C=O) groups is 1. The standard InChI is InChI=1S/C24H23N5O/c25-17-20-8-4-5-9-21(20)26-24(30)22-10-11-23(28-27-22)29-14-12-19(13-15-29)16-18-6-2-1-3-7-18/h1-11,19H,12-16H2,(H,26,30). The molecule has 0 atom stereocenters. The number of benzene rings is 2. The lowest BCUT2D eigenvalue weighted by Crippen LogP contribution is -2.35. The number of para-hydroxylation sites is 1. The molecule has 2 heterocycles. The van der Waals surface area contributed by atoms with Gasteiger partial charge in [0.2, 0.25) is 0 Å². The summed E-state index contributed by atoms with van der Waals surface area (Å²) in [5.41, 5.74) is 2.50. The fraction of sp³-hybridized carbons (Fsp3) is 0.250. The Kier molecular flexibility index (Phi) is 6.00. The van der Waals surface area contributed by atoms with Crippen LogP contribution in [0, 0.1) is 17.2 Å². The number of carbonyl (C=O) groups excluding carboxylic acids is 1. The molecule has 1 aliphatic heterocycles. The van der Waals surface area contributed by atoms with Crippen LogP contribution in [-0.2, 0) is 6.42 Å². The van der Waals surface area contributed by atoms with Crippen LogP contribution in [0.4, 0.5) is 11.5 Å². The minimum Gasteiger partial charge on any atom is -0.355 e. The van der Waals surface area contributed by atoms with Crippen LogP contribution in [-0.4, -0.2) is 29.2 Å². The van der Waals surface area contributed by atoms with Crippen LogP contribution in [0.25, 0.3) is 0 Å². The predicted octanol–water partition coefficient (Wildman–Crippen LogP) is 4.06. The molecule has 1 aliphatic rings. The van der Waals surface area contributed by atoms with Crippen LogP contribution < -0.4 is 10.2 Å². The molecule has 0 saturated carbocycles. The summed E-state index contributed by atoms with van der Waals surface area (Å²) in [4.78, 5) is 14.7. The number of nitriles is 1. The van der Waals surface area contributed by atoms with Gasteiger partial charge in [-0.3, -0.25) is 4.79 Å². The van der Waals surface area contributed by atoms with E-state index in [9.17, 15) is 4.79 Å². The van der Waals surface area contributed by atoms with E-state index in [-0.39, 0.29) is 11.6 Å². The number of nitrogens with one attached hydrogen (secondary N) is 1. The molecule has 0 unspecified atom stereocenters. The van der Waals surface area contributed by atoms with Crippen molar-refractivity contribution in [2.45, 2.75) is 19.3 Å². The molecule has 1 amide bonds. The highest BCUT2D eigenvalue weighted by Crippen LogP contribution is 2.24. The minimum absolute atomic E-state index is 0.227. The largest absolute Gasteiger partial charge is 0.355 e. The summed E-state index contributed by atoms with van der Waals surface area (Å²) >= 11 is 0. The molecular weight excluding hydrogens is 374 g/mol. The summed E-state index contributed by atoms with van der Waals surface area (Å²) in [5.74, 6) is 1.10. The number of amides is 1. The number of rotatable bonds is 5. The van der Waals surface area contributed by atoms with Crippen LogP contribution in [0.2, 0.25) is 0 Å². The van der Waals surface area contributed by atoms with Gasteiger partial charge in [0.1, 0.15) is 6.07 Å². The Morgan fingerprint density at radius 3 is 2.43 bits per heavy atom. The average molecular weight is 397 g/mol. The molecule has 0 bridgehead atoms. The summed E-state index contributed by atoms with van der Waals surface area (Å²) in [6, 6.07) is 23.1. The zero-order valence-electron chi connectivity index (χ0n) is 16.7. The highest BCUT2D eigenvalue weighted by molar-refractivity contribution is 6.03. The van der Waals surface area contributed by atoms with Gasteiger partial charge in [0, 0.05) is 13.1 Å². The molecule has 0 radical (unpaired) electrons. The van der Waals surface area contributed by atoms with Crippen LogP contribution in [0.15, 0.2) is 66.7 Å². The molecule has 1 saturated heterocycles. The lowest BCUT2D eigenvalue weighted by molar-refractivity contribution is 0.102. The first-order valence-corrected chi connectivity index (χ1v) is 10.2. The van der Waals surface area contributed by atoms with E-state index in [0.29, 0.717) is 17.2 Å². The number of piperidine rings is 1. The van der Waals surface area contributed by atoms with Gasteiger partial charge in [-0.2, -0.15) is 5.26 Å². The molecule has 30 heavy (non-hydrogen) atoms. The number of nitrogens with zero attached hydrogens (tertiary/aromatic N) is 4. The molecule has 1 N–H and O–H groups in total. The Morgan fingerprint density at radius 1 is 1.00 bits per heavy atom. The Labute approximate surface area is 176 Å². The Balaban J connectivity index is 1.34. The van der Waals surface area contributed by atoms with E-state index in [4.69, 9.17) is 5.26 Å². The van der Waals surface area contributed by atoms with E-state index >= 15 is 0 Å². The monoisotopic (exact) mass is 397 g/mol. The van der Waals surface area contributed by atoms with E-state index in [1.54, 1.807) is 30.3 Å². The lowest BCUT2D eigenvalue weighted by Gasteiger charge is -2.32. The molecule has 150 valence electrons. The highest BCUT2D eigenvalue weighted by atomic mass is 16.1. The first-order valence-electron chi connectivity index (χ1n) is 10.2. The number of anilines is 2. The van der Waals surface area contributed by atoms with Gasteiger partial charge in [0.05, 0.1) is 11.3 Å². The summed E-state index contributed by atoms with van der Waals surface area (Å²) < 4.78 is 0. The summed E-state index contributed by atoms with van der Waals surface area (Å²) in [6.07, 6.45) is 3.34. The van der Waals surface area contributed by atoms with Gasteiger partial charge in [-0.15, -0.1) is 10.2 Å². The Bertz CT molecular complexity index is 1040. The second-order valence-electron chi connectivity index (χ2n) is 7.51. The lowest BCUT2D eigenvalue weighted by atomic mass is 9.90. The molecule has 3 aromatic rings. The predicted molar refractivity (Wildman–Crippen MR) is 116 cm³/mol. The zero-order valence-corrected chi connectivity index (χ0v) is 16.7. The van der Waals surface area contributed by atoms with Crippen molar-refractivity contribution in [3.8, 4) is 6.07 Å². The van der Waals surface area contributed by atoms with Crippen molar-refractivity contribution in [1.82, 2.24) is 10.2 Å². The quantitative estimate of drug-likeness (QED) is 0.702.